The van der Waals surface area contributed by atoms with Gasteiger partial charge in [0, 0.05) is 73.7 Å². The lowest BCUT2D eigenvalue weighted by molar-refractivity contribution is -0.144. The molecule has 364 valence electrons. The largest absolute Gasteiger partial charge is 0.508 e. The number of piperazine rings is 1. The lowest BCUT2D eigenvalue weighted by atomic mass is 9.85. The number of rotatable bonds is 18. The van der Waals surface area contributed by atoms with Gasteiger partial charge in [0.25, 0.3) is 0 Å². The van der Waals surface area contributed by atoms with Crippen molar-refractivity contribution in [3.63, 3.8) is 0 Å². The van der Waals surface area contributed by atoms with Gasteiger partial charge in [0.1, 0.15) is 48.4 Å². The summed E-state index contributed by atoms with van der Waals surface area (Å²) in [4.78, 5) is 48.8. The number of carbonyl (C=O) groups is 3. The molecule has 2 aliphatic rings. The molecule has 2 aliphatic heterocycles. The molecule has 69 heavy (non-hydrogen) atoms. The first kappa shape index (κ1) is 49.5. The second-order valence-electron chi connectivity index (χ2n) is 18.7. The summed E-state index contributed by atoms with van der Waals surface area (Å²) < 4.78 is 32.8. The van der Waals surface area contributed by atoms with Crippen molar-refractivity contribution in [2.24, 2.45) is 5.41 Å². The van der Waals surface area contributed by atoms with E-state index >= 15 is 0 Å². The van der Waals surface area contributed by atoms with Crippen LogP contribution in [0.2, 0.25) is 0 Å². The molecule has 6 aromatic rings. The predicted octanol–water partition coefficient (Wildman–Crippen LogP) is 8.06. The number of aliphatic hydroxyl groups excluding tert-OH is 1. The molecule has 3 atom stereocenters. The topological polar surface area (TPSA) is 153 Å². The van der Waals surface area contributed by atoms with E-state index in [1.807, 2.05) is 75.4 Å². The van der Waals surface area contributed by atoms with E-state index in [1.165, 1.54) is 38.8 Å². The summed E-state index contributed by atoms with van der Waals surface area (Å²) >= 11 is 3.16. The highest BCUT2D eigenvalue weighted by Crippen LogP contribution is 2.47. The zero-order chi connectivity index (χ0) is 48.7. The molecule has 0 bridgehead atoms. The summed E-state index contributed by atoms with van der Waals surface area (Å²) in [5.74, 6) is 0.638. The average molecular weight is 978 g/mol. The van der Waals surface area contributed by atoms with Gasteiger partial charge in [0.15, 0.2) is 5.75 Å². The number of likely N-dealkylation sites (tertiary alicyclic amines) is 1. The first-order valence-electron chi connectivity index (χ1n) is 23.3. The van der Waals surface area contributed by atoms with Crippen molar-refractivity contribution < 1.29 is 43.2 Å². The molecule has 0 unspecified atom stereocenters. The lowest BCUT2D eigenvalue weighted by Crippen LogP contribution is -2.58. The first-order chi connectivity index (χ1) is 33.2. The van der Waals surface area contributed by atoms with Gasteiger partial charge >= 0.3 is 0 Å². The quantitative estimate of drug-likeness (QED) is 0.0623. The molecule has 16 heteroatoms. The van der Waals surface area contributed by atoms with Gasteiger partial charge in [-0.2, -0.15) is 0 Å². The summed E-state index contributed by atoms with van der Waals surface area (Å²) in [6.45, 7) is 13.4. The number of β-amino-alcohol motifs (C(OH)–C–C–N with tert-alkyl or cyclic N) is 1. The Balaban J connectivity index is 0.734. The molecule has 0 aliphatic carbocycles. The van der Waals surface area contributed by atoms with Crippen molar-refractivity contribution in [3.8, 4) is 43.9 Å². The number of benzene rings is 4. The number of halogens is 1. The van der Waals surface area contributed by atoms with E-state index in [0.717, 1.165) is 70.1 Å². The second-order valence-corrected chi connectivity index (χ2v) is 20.7. The fourth-order valence-corrected chi connectivity index (χ4v) is 10.7. The Morgan fingerprint density at radius 2 is 1.49 bits per heavy atom. The van der Waals surface area contributed by atoms with E-state index in [9.17, 15) is 29.0 Å². The zero-order valence-electron chi connectivity index (χ0n) is 39.4. The number of phenols is 1. The van der Waals surface area contributed by atoms with Crippen LogP contribution < -0.4 is 20.1 Å². The highest BCUT2D eigenvalue weighted by atomic mass is 32.1. The molecule has 2 saturated heterocycles. The molecular formula is C53H60FN5O8S2. The van der Waals surface area contributed by atoms with Crippen LogP contribution in [0.4, 0.5) is 4.39 Å². The maximum Gasteiger partial charge on any atom is 0.246 e. The number of aromatic hydroxyl groups is 1. The fourth-order valence-electron chi connectivity index (χ4n) is 8.64. The third-order valence-electron chi connectivity index (χ3n) is 12.5. The third-order valence-corrected chi connectivity index (χ3v) is 14.8. The van der Waals surface area contributed by atoms with E-state index < -0.39 is 35.4 Å². The summed E-state index contributed by atoms with van der Waals surface area (Å²) in [7, 11) is 0. The Labute approximate surface area is 410 Å². The molecule has 0 radical (unpaired) electrons. The number of phenolic OH excluding ortho intramolecular Hbond substituents is 1. The minimum absolute atomic E-state index is 0.00146. The average Bonchev–Trinajstić information content (AvgIpc) is 4.05. The lowest BCUT2D eigenvalue weighted by Gasteiger charge is -2.35. The van der Waals surface area contributed by atoms with E-state index in [-0.39, 0.29) is 43.6 Å². The number of carbonyl (C=O) groups excluding carboxylic acids is 3. The van der Waals surface area contributed by atoms with Crippen LogP contribution >= 0.6 is 22.7 Å². The number of nitrogens with zero attached hydrogens (tertiary/aromatic N) is 3. The zero-order valence-corrected chi connectivity index (χ0v) is 41.0. The molecule has 4 heterocycles. The van der Waals surface area contributed by atoms with Crippen molar-refractivity contribution in [1.82, 2.24) is 25.3 Å². The van der Waals surface area contributed by atoms with Crippen molar-refractivity contribution in [2.75, 3.05) is 65.6 Å². The van der Waals surface area contributed by atoms with Gasteiger partial charge in [-0.05, 0) is 101 Å². The molecule has 2 aromatic heterocycles. The summed E-state index contributed by atoms with van der Waals surface area (Å²) in [5.41, 5.74) is 3.39. The summed E-state index contributed by atoms with van der Waals surface area (Å²) in [6.07, 6.45) is -0.744. The molecule has 0 saturated carbocycles. The van der Waals surface area contributed by atoms with Gasteiger partial charge in [0.2, 0.25) is 17.7 Å². The van der Waals surface area contributed by atoms with Crippen molar-refractivity contribution in [2.45, 2.75) is 58.8 Å². The molecule has 4 N–H and O–H groups in total. The van der Waals surface area contributed by atoms with Crippen LogP contribution in [0.25, 0.3) is 31.0 Å². The van der Waals surface area contributed by atoms with E-state index in [4.69, 9.17) is 14.2 Å². The second kappa shape index (κ2) is 22.3. The van der Waals surface area contributed by atoms with Crippen molar-refractivity contribution >= 4 is 50.5 Å². The van der Waals surface area contributed by atoms with Gasteiger partial charge in [-0.1, -0.05) is 57.2 Å². The minimum atomic E-state index is -0.938. The van der Waals surface area contributed by atoms with E-state index in [2.05, 4.69) is 38.8 Å². The first-order valence-corrected chi connectivity index (χ1v) is 25.0. The highest BCUT2D eigenvalue weighted by molar-refractivity contribution is 7.22. The normalized spacial score (nSPS) is 17.2. The number of amides is 3. The Bertz CT molecular complexity index is 2700. The van der Waals surface area contributed by atoms with Crippen LogP contribution in [0.1, 0.15) is 38.3 Å². The number of nitrogens with one attached hydrogen (secondary N) is 2. The molecule has 8 rings (SSSR count). The Morgan fingerprint density at radius 1 is 0.841 bits per heavy atom. The predicted molar refractivity (Wildman–Crippen MR) is 268 cm³/mol. The third kappa shape index (κ3) is 12.7. The van der Waals surface area contributed by atoms with Crippen LogP contribution in [-0.4, -0.2) is 126 Å². The minimum Gasteiger partial charge on any atom is -0.508 e. The van der Waals surface area contributed by atoms with Crippen LogP contribution in [0.3, 0.4) is 0 Å². The van der Waals surface area contributed by atoms with E-state index in [1.54, 1.807) is 35.6 Å². The van der Waals surface area contributed by atoms with Crippen molar-refractivity contribution in [3.05, 3.63) is 119 Å². The molecule has 4 aromatic carbocycles. The number of aryl methyl sites for hydroxylation is 1. The molecule has 13 nitrogen and oxygen atoms in total. The Morgan fingerprint density at radius 3 is 2.16 bits per heavy atom. The maximum absolute atomic E-state index is 14.0. The van der Waals surface area contributed by atoms with Gasteiger partial charge in [0.05, 0.1) is 17.6 Å². The number of fused-ring (bicyclic) bond motifs is 1. The SMILES string of the molecule is Cc1ccsc1-c1ccc(CNC(=O)[C@@H]2C[C@@H](O)CN2C(=O)[C@@H](NC(=O)COCCN2CCN(CCOc3ccc(Oc4c(-c5ccc(F)cc5)sc5cc(O)ccc45)cc3)CC2)C(C)(C)C)cc1. The molecular weight excluding hydrogens is 918 g/mol. The van der Waals surface area contributed by atoms with Crippen LogP contribution in [0.5, 0.6) is 23.0 Å². The number of hydrogen-bond donors (Lipinski definition) is 4. The number of ether oxygens (including phenoxy) is 3. The van der Waals surface area contributed by atoms with Crippen LogP contribution in [-0.2, 0) is 25.7 Å². The standard InChI is InChI=1S/C53H60FN5O8S2/c1-34-19-28-68-48(34)36-7-5-35(6-8-36)31-55-51(63)44-29-40(61)32-59(44)52(64)50(53(2,3)4)56-46(62)33-65-26-24-57-20-22-58(23-21-57)25-27-66-41-14-16-42(17-15-41)67-47-43-18-13-39(60)30-45(43)69-49(47)37-9-11-38(54)12-10-37/h5-19,28,30,40,44,50,60-61H,20-27,29,31-33H2,1-4H3,(H,55,63)(H,56,62)/t40-,44+,50-/m1/s1. The highest BCUT2D eigenvalue weighted by Gasteiger charge is 2.44. The summed E-state index contributed by atoms with van der Waals surface area (Å²) in [6, 6.07) is 27.2. The number of aliphatic hydroxyl groups is 1. The van der Waals surface area contributed by atoms with Crippen LogP contribution in [0.15, 0.2) is 102 Å². The smallest absolute Gasteiger partial charge is 0.246 e. The van der Waals surface area contributed by atoms with Gasteiger partial charge in [-0.3, -0.25) is 24.2 Å². The van der Waals surface area contributed by atoms with Crippen LogP contribution in [0, 0.1) is 18.2 Å². The summed E-state index contributed by atoms with van der Waals surface area (Å²) in [5, 5.41) is 29.4. The Hall–Kier alpha value is -5.88. The molecule has 0 spiro atoms. The maximum atomic E-state index is 14.0. The monoisotopic (exact) mass is 977 g/mol. The molecule has 3 amide bonds. The van der Waals surface area contributed by atoms with Crippen molar-refractivity contribution in [1.29, 1.82) is 0 Å². The van der Waals surface area contributed by atoms with E-state index in [0.29, 0.717) is 31.3 Å². The van der Waals surface area contributed by atoms with Gasteiger partial charge < -0.3 is 40.0 Å². The molecule has 2 fully saturated rings. The number of thiophene rings is 2. The van der Waals surface area contributed by atoms with Gasteiger partial charge in [-0.25, -0.2) is 4.39 Å². The Kier molecular flexibility index (Phi) is 16.0. The number of hydrogen-bond acceptors (Lipinski definition) is 12. The van der Waals surface area contributed by atoms with Gasteiger partial charge in [-0.15, -0.1) is 22.7 Å². The fraction of sp³-hybridized carbons (Fsp3) is 0.377.